The molecule has 0 saturated heterocycles. The van der Waals surface area contributed by atoms with Crippen LogP contribution in [0.5, 0.6) is 0 Å². The Morgan fingerprint density at radius 3 is 2.53 bits per heavy atom. The predicted octanol–water partition coefficient (Wildman–Crippen LogP) is 3.34. The molecule has 0 aliphatic carbocycles. The molecule has 4 aromatic rings. The number of imidazole rings is 1. The van der Waals surface area contributed by atoms with Gasteiger partial charge in [-0.15, -0.1) is 10.2 Å². The standard InChI is InChI=1S/C24H26ClN7O2/c1-2-3-8-21-27-23(25)20(15-33)31(21)14-16-9-11-17(12-10-16)18-6-4-5-7-19(18)24-28-30-32(29-24)22(34)13-26/h4-7,9-12,33H,2-3,8,13-15,26H2,1H3. The van der Waals surface area contributed by atoms with E-state index in [0.717, 1.165) is 52.1 Å². The fourth-order valence-electron chi connectivity index (χ4n) is 3.78. The molecule has 0 spiro atoms. The Bertz CT molecular complexity index is 1280. The molecule has 0 saturated carbocycles. The Hall–Kier alpha value is -3.40. The zero-order chi connectivity index (χ0) is 24.1. The number of halogens is 1. The summed E-state index contributed by atoms with van der Waals surface area (Å²) in [7, 11) is 0. The van der Waals surface area contributed by atoms with E-state index in [1.807, 2.05) is 53.1 Å². The van der Waals surface area contributed by atoms with E-state index in [4.69, 9.17) is 17.3 Å². The quantitative estimate of drug-likeness (QED) is 0.377. The number of nitrogens with zero attached hydrogens (tertiary/aromatic N) is 6. The maximum absolute atomic E-state index is 11.8. The minimum atomic E-state index is -0.430. The molecule has 2 aromatic heterocycles. The number of aliphatic hydroxyl groups is 1. The zero-order valence-electron chi connectivity index (χ0n) is 18.9. The van der Waals surface area contributed by atoms with Crippen LogP contribution < -0.4 is 5.73 Å². The second kappa shape index (κ2) is 10.7. The summed E-state index contributed by atoms with van der Waals surface area (Å²) in [6.45, 7) is 2.33. The maximum Gasteiger partial charge on any atom is 0.279 e. The van der Waals surface area contributed by atoms with E-state index in [9.17, 15) is 9.90 Å². The lowest BCUT2D eigenvalue weighted by atomic mass is 9.98. The van der Waals surface area contributed by atoms with Crippen molar-refractivity contribution in [1.82, 2.24) is 29.8 Å². The number of rotatable bonds is 9. The summed E-state index contributed by atoms with van der Waals surface area (Å²) in [5, 5.41) is 22.2. The van der Waals surface area contributed by atoms with E-state index in [-0.39, 0.29) is 13.2 Å². The highest BCUT2D eigenvalue weighted by Gasteiger charge is 2.17. The fraction of sp³-hybridized carbons (Fsp3) is 0.292. The Morgan fingerprint density at radius 1 is 1.12 bits per heavy atom. The monoisotopic (exact) mass is 479 g/mol. The van der Waals surface area contributed by atoms with Crippen molar-refractivity contribution in [3.63, 3.8) is 0 Å². The number of aryl methyl sites for hydroxylation is 1. The third-order valence-electron chi connectivity index (χ3n) is 5.59. The van der Waals surface area contributed by atoms with Crippen molar-refractivity contribution in [2.45, 2.75) is 39.3 Å². The van der Waals surface area contributed by atoms with Crippen LogP contribution in [-0.2, 0) is 19.6 Å². The molecule has 0 radical (unpaired) electrons. The molecule has 2 aromatic carbocycles. The van der Waals surface area contributed by atoms with Gasteiger partial charge < -0.3 is 15.4 Å². The molecule has 0 bridgehead atoms. The fourth-order valence-corrected chi connectivity index (χ4v) is 4.04. The molecule has 0 aliphatic rings. The van der Waals surface area contributed by atoms with Crippen LogP contribution in [0.2, 0.25) is 5.15 Å². The Kier molecular flexibility index (Phi) is 7.46. The van der Waals surface area contributed by atoms with Crippen molar-refractivity contribution in [2.75, 3.05) is 6.54 Å². The average Bonchev–Trinajstić information content (AvgIpc) is 3.47. The third-order valence-corrected chi connectivity index (χ3v) is 5.89. The molecule has 2 heterocycles. The number of unbranched alkanes of at least 4 members (excludes halogenated alkanes) is 1. The molecule has 0 unspecified atom stereocenters. The molecule has 9 nitrogen and oxygen atoms in total. The SMILES string of the molecule is CCCCc1nc(Cl)c(CO)n1Cc1ccc(-c2ccccc2-c2nnn(C(=O)CN)n2)cc1. The van der Waals surface area contributed by atoms with Gasteiger partial charge in [0.25, 0.3) is 5.91 Å². The number of carbonyl (C=O) groups is 1. The van der Waals surface area contributed by atoms with Crippen LogP contribution in [0, 0.1) is 0 Å². The van der Waals surface area contributed by atoms with Gasteiger partial charge in [-0.3, -0.25) is 4.79 Å². The van der Waals surface area contributed by atoms with Crippen LogP contribution in [0.1, 0.15) is 41.6 Å². The molecule has 0 amide bonds. The summed E-state index contributed by atoms with van der Waals surface area (Å²) in [6, 6.07) is 15.8. The highest BCUT2D eigenvalue weighted by Crippen LogP contribution is 2.30. The Morgan fingerprint density at radius 2 is 1.85 bits per heavy atom. The molecule has 176 valence electrons. The summed E-state index contributed by atoms with van der Waals surface area (Å²) in [4.78, 5) is 17.2. The van der Waals surface area contributed by atoms with Gasteiger partial charge >= 0.3 is 0 Å². The summed E-state index contributed by atoms with van der Waals surface area (Å²) in [5.41, 5.74) is 9.72. The summed E-state index contributed by atoms with van der Waals surface area (Å²) in [6.07, 6.45) is 2.86. The predicted molar refractivity (Wildman–Crippen MR) is 129 cm³/mol. The summed E-state index contributed by atoms with van der Waals surface area (Å²) >= 11 is 6.27. The van der Waals surface area contributed by atoms with E-state index in [2.05, 4.69) is 27.3 Å². The number of carbonyl (C=O) groups excluding carboxylic acids is 1. The van der Waals surface area contributed by atoms with E-state index in [1.54, 1.807) is 0 Å². The molecule has 0 aliphatic heterocycles. The van der Waals surface area contributed by atoms with Crippen LogP contribution >= 0.6 is 11.6 Å². The number of aromatic nitrogens is 6. The summed E-state index contributed by atoms with van der Waals surface area (Å²) < 4.78 is 2.00. The van der Waals surface area contributed by atoms with E-state index >= 15 is 0 Å². The largest absolute Gasteiger partial charge is 0.390 e. The van der Waals surface area contributed by atoms with Gasteiger partial charge in [0.1, 0.15) is 5.82 Å². The third kappa shape index (κ3) is 4.91. The topological polar surface area (TPSA) is 125 Å². The lowest BCUT2D eigenvalue weighted by molar-refractivity contribution is 0.0887. The molecule has 3 N–H and O–H groups in total. The van der Waals surface area contributed by atoms with Crippen LogP contribution in [0.4, 0.5) is 0 Å². The van der Waals surface area contributed by atoms with Crippen molar-refractivity contribution >= 4 is 17.5 Å². The highest BCUT2D eigenvalue weighted by atomic mass is 35.5. The van der Waals surface area contributed by atoms with Gasteiger partial charge in [0.15, 0.2) is 5.15 Å². The van der Waals surface area contributed by atoms with Crippen molar-refractivity contribution < 1.29 is 9.90 Å². The first-order valence-corrected chi connectivity index (χ1v) is 11.5. The maximum atomic E-state index is 11.8. The van der Waals surface area contributed by atoms with Gasteiger partial charge in [-0.25, -0.2) is 4.98 Å². The van der Waals surface area contributed by atoms with Gasteiger partial charge in [-0.2, -0.15) is 0 Å². The number of hydrogen-bond donors (Lipinski definition) is 2. The minimum Gasteiger partial charge on any atom is -0.390 e. The molecule has 10 heteroatoms. The number of aliphatic hydroxyl groups excluding tert-OH is 1. The average molecular weight is 480 g/mol. The highest BCUT2D eigenvalue weighted by molar-refractivity contribution is 6.30. The molecule has 34 heavy (non-hydrogen) atoms. The molecular weight excluding hydrogens is 454 g/mol. The smallest absolute Gasteiger partial charge is 0.279 e. The van der Waals surface area contributed by atoms with E-state index < -0.39 is 5.91 Å². The molecule has 0 fully saturated rings. The van der Waals surface area contributed by atoms with Gasteiger partial charge in [-0.05, 0) is 28.3 Å². The second-order valence-corrected chi connectivity index (χ2v) is 8.21. The molecular formula is C24H26ClN7O2. The van der Waals surface area contributed by atoms with Crippen molar-refractivity contribution in [3.05, 3.63) is 70.8 Å². The van der Waals surface area contributed by atoms with Crippen LogP contribution in [0.15, 0.2) is 48.5 Å². The Balaban J connectivity index is 1.62. The van der Waals surface area contributed by atoms with Crippen LogP contribution in [-0.4, -0.2) is 47.3 Å². The first-order chi connectivity index (χ1) is 16.5. The normalized spacial score (nSPS) is 11.2. The van der Waals surface area contributed by atoms with Crippen LogP contribution in [0.3, 0.4) is 0 Å². The van der Waals surface area contributed by atoms with Gasteiger partial charge in [0.2, 0.25) is 5.82 Å². The second-order valence-electron chi connectivity index (χ2n) is 7.86. The zero-order valence-corrected chi connectivity index (χ0v) is 19.6. The van der Waals surface area contributed by atoms with Crippen molar-refractivity contribution in [2.24, 2.45) is 5.73 Å². The number of nitrogens with two attached hydrogens (primary N) is 1. The van der Waals surface area contributed by atoms with E-state index in [1.165, 1.54) is 0 Å². The first-order valence-electron chi connectivity index (χ1n) is 11.1. The Labute approximate surface area is 202 Å². The molecule has 0 atom stereocenters. The first kappa shape index (κ1) is 23.7. The minimum absolute atomic E-state index is 0.163. The van der Waals surface area contributed by atoms with Gasteiger partial charge in [0, 0.05) is 18.5 Å². The number of hydrogen-bond acceptors (Lipinski definition) is 7. The van der Waals surface area contributed by atoms with Crippen molar-refractivity contribution in [3.8, 4) is 22.5 Å². The number of tetrazole rings is 1. The van der Waals surface area contributed by atoms with Crippen LogP contribution in [0.25, 0.3) is 22.5 Å². The van der Waals surface area contributed by atoms with Gasteiger partial charge in [-0.1, -0.05) is 78.3 Å². The lowest BCUT2D eigenvalue weighted by Crippen LogP contribution is -2.23. The number of benzene rings is 2. The summed E-state index contributed by atoms with van der Waals surface area (Å²) in [5.74, 6) is 0.801. The van der Waals surface area contributed by atoms with Crippen molar-refractivity contribution in [1.29, 1.82) is 0 Å². The van der Waals surface area contributed by atoms with Gasteiger partial charge in [0.05, 0.1) is 18.8 Å². The van der Waals surface area contributed by atoms with E-state index in [0.29, 0.717) is 23.2 Å². The molecule has 4 rings (SSSR count). The lowest BCUT2D eigenvalue weighted by Gasteiger charge is -2.12.